The average Bonchev–Trinajstić information content (AvgIpc) is 2.58. The summed E-state index contributed by atoms with van der Waals surface area (Å²) in [6.07, 6.45) is 1.11. The summed E-state index contributed by atoms with van der Waals surface area (Å²) in [6.45, 7) is 12.7. The van der Waals surface area contributed by atoms with Crippen molar-refractivity contribution in [1.82, 2.24) is 20.9 Å². The maximum Gasteiger partial charge on any atom is 0.242 e. The van der Waals surface area contributed by atoms with E-state index in [0.717, 1.165) is 39.1 Å². The molecule has 0 fully saturated rings. The smallest absolute Gasteiger partial charge is 0.242 e. The van der Waals surface area contributed by atoms with Crippen molar-refractivity contribution in [3.63, 3.8) is 0 Å². The van der Waals surface area contributed by atoms with Gasteiger partial charge in [0.2, 0.25) is 5.91 Å². The van der Waals surface area contributed by atoms with Crippen LogP contribution in [0.15, 0.2) is 29.3 Å². The van der Waals surface area contributed by atoms with Crippen molar-refractivity contribution in [2.45, 2.75) is 46.2 Å². The number of hydrogen-bond donors (Lipinski definition) is 3. The summed E-state index contributed by atoms with van der Waals surface area (Å²) in [4.78, 5) is 18.8. The number of aliphatic imine (C=N–C) groups is 1. The second-order valence-electron chi connectivity index (χ2n) is 7.71. The van der Waals surface area contributed by atoms with Crippen molar-refractivity contribution < 1.29 is 4.79 Å². The van der Waals surface area contributed by atoms with Crippen LogP contribution in [0.4, 0.5) is 0 Å². The van der Waals surface area contributed by atoms with Crippen LogP contribution >= 0.6 is 0 Å². The summed E-state index contributed by atoms with van der Waals surface area (Å²) in [5.74, 6) is 0.622. The van der Waals surface area contributed by atoms with Crippen molar-refractivity contribution in [3.8, 4) is 0 Å². The van der Waals surface area contributed by atoms with Crippen LogP contribution in [0.2, 0.25) is 0 Å². The number of hydrogen-bond acceptors (Lipinski definition) is 3. The molecule has 0 saturated carbocycles. The maximum atomic E-state index is 11.9. The molecular formula is C20H33N5O. The van der Waals surface area contributed by atoms with Crippen molar-refractivity contribution in [2.75, 3.05) is 32.7 Å². The number of carbonyl (C=O) groups excluding carboxylic acids is 1. The van der Waals surface area contributed by atoms with Crippen molar-refractivity contribution >= 4 is 11.9 Å². The van der Waals surface area contributed by atoms with E-state index in [1.807, 2.05) is 27.7 Å². The fourth-order valence-electron chi connectivity index (χ4n) is 3.03. The Morgan fingerprint density at radius 1 is 1.19 bits per heavy atom. The number of carbonyl (C=O) groups is 1. The number of fused-ring (bicyclic) bond motifs is 1. The van der Waals surface area contributed by atoms with Crippen LogP contribution in [0.1, 0.15) is 38.8 Å². The molecule has 1 amide bonds. The Balaban J connectivity index is 1.78. The van der Waals surface area contributed by atoms with Crippen LogP contribution in [0.25, 0.3) is 0 Å². The first kappa shape index (κ1) is 20.2. The molecule has 0 aliphatic carbocycles. The highest BCUT2D eigenvalue weighted by atomic mass is 16.2. The van der Waals surface area contributed by atoms with Crippen molar-refractivity contribution in [1.29, 1.82) is 0 Å². The first-order valence-corrected chi connectivity index (χ1v) is 9.49. The van der Waals surface area contributed by atoms with E-state index in [4.69, 9.17) is 0 Å². The van der Waals surface area contributed by atoms with E-state index in [-0.39, 0.29) is 18.0 Å². The number of amides is 1. The second-order valence-corrected chi connectivity index (χ2v) is 7.71. The third kappa shape index (κ3) is 7.04. The van der Waals surface area contributed by atoms with Gasteiger partial charge >= 0.3 is 0 Å². The molecule has 26 heavy (non-hydrogen) atoms. The summed E-state index contributed by atoms with van der Waals surface area (Å²) >= 11 is 0. The lowest BCUT2D eigenvalue weighted by Gasteiger charge is -2.28. The van der Waals surface area contributed by atoms with Gasteiger partial charge in [-0.05, 0) is 45.2 Å². The highest BCUT2D eigenvalue weighted by Gasteiger charge is 2.15. The molecule has 1 heterocycles. The van der Waals surface area contributed by atoms with Crippen LogP contribution in [0, 0.1) is 0 Å². The topological polar surface area (TPSA) is 68.8 Å². The van der Waals surface area contributed by atoms with E-state index in [1.54, 1.807) is 0 Å². The van der Waals surface area contributed by atoms with Crippen LogP contribution in [0.5, 0.6) is 0 Å². The highest BCUT2D eigenvalue weighted by Crippen LogP contribution is 2.17. The third-order valence-corrected chi connectivity index (χ3v) is 4.17. The van der Waals surface area contributed by atoms with E-state index >= 15 is 0 Å². The molecule has 1 aliphatic rings. The van der Waals surface area contributed by atoms with Gasteiger partial charge in [-0.15, -0.1) is 0 Å². The van der Waals surface area contributed by atoms with E-state index < -0.39 is 0 Å². The van der Waals surface area contributed by atoms with Crippen LogP contribution in [0.3, 0.4) is 0 Å². The van der Waals surface area contributed by atoms with E-state index in [9.17, 15) is 4.79 Å². The normalized spacial score (nSPS) is 15.3. The SMILES string of the molecule is CCNC(=NCC(=O)NC(C)(C)C)NCCN1CCc2ccccc2C1. The Bertz CT molecular complexity index is 621. The van der Waals surface area contributed by atoms with Gasteiger partial charge in [0, 0.05) is 38.3 Å². The fourth-order valence-corrected chi connectivity index (χ4v) is 3.03. The van der Waals surface area contributed by atoms with Crippen LogP contribution < -0.4 is 16.0 Å². The van der Waals surface area contributed by atoms with Gasteiger partial charge in [0.25, 0.3) is 0 Å². The molecule has 0 radical (unpaired) electrons. The first-order chi connectivity index (χ1) is 12.4. The predicted molar refractivity (Wildman–Crippen MR) is 107 cm³/mol. The molecule has 6 nitrogen and oxygen atoms in total. The fraction of sp³-hybridized carbons (Fsp3) is 0.600. The molecule has 0 aromatic heterocycles. The Morgan fingerprint density at radius 3 is 2.62 bits per heavy atom. The largest absolute Gasteiger partial charge is 0.357 e. The number of nitrogens with zero attached hydrogens (tertiary/aromatic N) is 2. The summed E-state index contributed by atoms with van der Waals surface area (Å²) < 4.78 is 0. The highest BCUT2D eigenvalue weighted by molar-refractivity contribution is 5.85. The molecule has 0 bridgehead atoms. The Kier molecular flexibility index (Phi) is 7.45. The van der Waals surface area contributed by atoms with Gasteiger partial charge in [0.05, 0.1) is 0 Å². The molecular weight excluding hydrogens is 326 g/mol. The average molecular weight is 360 g/mol. The Hall–Kier alpha value is -2.08. The quantitative estimate of drug-likeness (QED) is 0.532. The maximum absolute atomic E-state index is 11.9. The second kappa shape index (κ2) is 9.57. The zero-order valence-electron chi connectivity index (χ0n) is 16.6. The molecule has 0 spiro atoms. The first-order valence-electron chi connectivity index (χ1n) is 9.49. The number of guanidine groups is 1. The third-order valence-electron chi connectivity index (χ3n) is 4.17. The minimum absolute atomic E-state index is 0.0673. The molecule has 0 unspecified atom stereocenters. The lowest BCUT2D eigenvalue weighted by molar-refractivity contribution is -0.121. The van der Waals surface area contributed by atoms with Crippen molar-refractivity contribution in [2.24, 2.45) is 4.99 Å². The molecule has 1 aromatic carbocycles. The van der Waals surface area contributed by atoms with E-state index in [0.29, 0.717) is 5.96 Å². The van der Waals surface area contributed by atoms with E-state index in [1.165, 1.54) is 11.1 Å². The van der Waals surface area contributed by atoms with Crippen LogP contribution in [-0.2, 0) is 17.8 Å². The molecule has 0 saturated heterocycles. The predicted octanol–water partition coefficient (Wildman–Crippen LogP) is 1.51. The molecule has 1 aliphatic heterocycles. The molecule has 144 valence electrons. The lowest BCUT2D eigenvalue weighted by atomic mass is 10.00. The van der Waals surface area contributed by atoms with Crippen LogP contribution in [-0.4, -0.2) is 55.0 Å². The molecule has 6 heteroatoms. The summed E-state index contributed by atoms with van der Waals surface area (Å²) in [5, 5.41) is 9.45. The van der Waals surface area contributed by atoms with Gasteiger partial charge in [-0.25, -0.2) is 4.99 Å². The van der Waals surface area contributed by atoms with Gasteiger partial charge in [0.15, 0.2) is 5.96 Å². The lowest BCUT2D eigenvalue weighted by Crippen LogP contribution is -2.44. The Labute approximate surface area is 157 Å². The molecule has 3 N–H and O–H groups in total. The molecule has 2 rings (SSSR count). The monoisotopic (exact) mass is 359 g/mol. The van der Waals surface area contributed by atoms with E-state index in [2.05, 4.69) is 50.1 Å². The van der Waals surface area contributed by atoms with Gasteiger partial charge in [-0.3, -0.25) is 9.69 Å². The minimum atomic E-state index is -0.233. The summed E-state index contributed by atoms with van der Waals surface area (Å²) in [7, 11) is 0. The molecule has 1 aromatic rings. The number of nitrogens with one attached hydrogen (secondary N) is 3. The zero-order valence-corrected chi connectivity index (χ0v) is 16.6. The summed E-state index contributed by atoms with van der Waals surface area (Å²) in [6, 6.07) is 8.67. The van der Waals surface area contributed by atoms with Gasteiger partial charge in [-0.1, -0.05) is 24.3 Å². The Morgan fingerprint density at radius 2 is 1.92 bits per heavy atom. The van der Waals surface area contributed by atoms with Gasteiger partial charge in [-0.2, -0.15) is 0 Å². The zero-order chi connectivity index (χ0) is 19.0. The molecule has 0 atom stereocenters. The number of rotatable bonds is 6. The van der Waals surface area contributed by atoms with Gasteiger partial charge < -0.3 is 16.0 Å². The standard InChI is InChI=1S/C20H33N5O/c1-5-21-19(23-14-18(26)24-20(2,3)4)22-11-13-25-12-10-16-8-6-7-9-17(16)15-25/h6-9H,5,10-15H2,1-4H3,(H,24,26)(H2,21,22,23). The van der Waals surface area contributed by atoms with Gasteiger partial charge in [0.1, 0.15) is 6.54 Å². The number of benzene rings is 1. The van der Waals surface area contributed by atoms with Crippen molar-refractivity contribution in [3.05, 3.63) is 35.4 Å². The summed E-state index contributed by atoms with van der Waals surface area (Å²) in [5.41, 5.74) is 2.66. The minimum Gasteiger partial charge on any atom is -0.357 e.